The molecule has 1 aromatic rings. The van der Waals surface area contributed by atoms with Crippen LogP contribution in [0.2, 0.25) is 0 Å². The molecule has 7 atom stereocenters. The molecule has 188 valence electrons. The Balaban J connectivity index is 1.28. The maximum Gasteiger partial charge on any atom is 0.297 e. The topological polar surface area (TPSA) is 60.4 Å². The maximum atomic E-state index is 13.1. The van der Waals surface area contributed by atoms with Crippen LogP contribution in [0.4, 0.5) is 0 Å². The highest BCUT2D eigenvalue weighted by atomic mass is 32.2. The number of carbonyl (C=O) groups excluding carboxylic acids is 1. The van der Waals surface area contributed by atoms with E-state index in [2.05, 4.69) is 34.6 Å². The van der Waals surface area contributed by atoms with Crippen LogP contribution in [-0.4, -0.2) is 20.3 Å². The van der Waals surface area contributed by atoms with Gasteiger partial charge >= 0.3 is 0 Å². The second-order valence-corrected chi connectivity index (χ2v) is 14.9. The summed E-state index contributed by atoms with van der Waals surface area (Å²) < 4.78 is 32.0. The number of hydrogen-bond acceptors (Lipinski definition) is 4. The van der Waals surface area contributed by atoms with Gasteiger partial charge in [-0.2, -0.15) is 8.42 Å². The van der Waals surface area contributed by atoms with Crippen molar-refractivity contribution in [2.45, 2.75) is 109 Å². The highest BCUT2D eigenvalue weighted by molar-refractivity contribution is 7.86. The maximum absolute atomic E-state index is 13.1. The summed E-state index contributed by atoms with van der Waals surface area (Å²) in [4.78, 5) is 12.9. The molecule has 4 aliphatic rings. The number of fused-ring (bicyclic) bond motifs is 5. The predicted octanol–water partition coefficient (Wildman–Crippen LogP) is 6.67. The van der Waals surface area contributed by atoms with Crippen LogP contribution in [0.15, 0.2) is 29.2 Å². The molecule has 0 aromatic heterocycles. The summed E-state index contributed by atoms with van der Waals surface area (Å²) in [7, 11) is -3.77. The van der Waals surface area contributed by atoms with Crippen molar-refractivity contribution in [2.24, 2.45) is 34.5 Å². The van der Waals surface area contributed by atoms with Crippen LogP contribution in [0, 0.1) is 34.5 Å². The van der Waals surface area contributed by atoms with Crippen molar-refractivity contribution in [1.82, 2.24) is 0 Å². The first-order valence-electron chi connectivity index (χ1n) is 13.4. The molecule has 4 aliphatic carbocycles. The first-order valence-corrected chi connectivity index (χ1v) is 14.8. The van der Waals surface area contributed by atoms with Gasteiger partial charge in [-0.15, -0.1) is 0 Å². The zero-order valence-electron chi connectivity index (χ0n) is 21.6. The number of Topliss-reactive ketones (excluding diaryl/α,β-unsaturated/α-hetero) is 1. The lowest BCUT2D eigenvalue weighted by atomic mass is 9.45. The number of ketones is 1. The second-order valence-electron chi connectivity index (χ2n) is 13.3. The molecule has 4 nitrogen and oxygen atoms in total. The monoisotopic (exact) mass is 486 g/mol. The van der Waals surface area contributed by atoms with E-state index in [9.17, 15) is 13.2 Å². The molecule has 4 fully saturated rings. The lowest BCUT2D eigenvalue weighted by molar-refractivity contribution is -0.141. The first kappa shape index (κ1) is 24.5. The Morgan fingerprint density at radius 1 is 0.912 bits per heavy atom. The van der Waals surface area contributed by atoms with Crippen molar-refractivity contribution in [3.8, 4) is 0 Å². The molecule has 0 radical (unpaired) electrons. The van der Waals surface area contributed by atoms with Crippen LogP contribution < -0.4 is 0 Å². The molecule has 5 rings (SSSR count). The molecule has 0 saturated heterocycles. The van der Waals surface area contributed by atoms with Crippen LogP contribution in [0.3, 0.4) is 0 Å². The molecular weight excluding hydrogens is 444 g/mol. The van der Waals surface area contributed by atoms with E-state index in [0.29, 0.717) is 29.5 Å². The van der Waals surface area contributed by atoms with E-state index in [1.165, 1.54) is 6.42 Å². The van der Waals surface area contributed by atoms with Gasteiger partial charge < -0.3 is 0 Å². The molecule has 0 unspecified atom stereocenters. The SMILES string of the molecule is CC(C)(C)c1ccc(S(=O)(=O)O[C@@H]2CC[C@@]3(C)[C@@H](CC[C@H]4[C@H]3CC[C@]3(C)C(=O)CC[C@@H]43)C2)cc1. The molecule has 0 heterocycles. The molecule has 0 N–H and O–H groups in total. The van der Waals surface area contributed by atoms with E-state index in [4.69, 9.17) is 4.18 Å². The Morgan fingerprint density at radius 3 is 2.29 bits per heavy atom. The predicted molar refractivity (Wildman–Crippen MR) is 134 cm³/mol. The van der Waals surface area contributed by atoms with Gasteiger partial charge in [-0.3, -0.25) is 8.98 Å². The highest BCUT2D eigenvalue weighted by Gasteiger charge is 2.60. The second kappa shape index (κ2) is 8.16. The standard InChI is InChI=1S/C29H42O4S/c1-27(2,3)19-6-9-22(10-7-19)34(31,32)33-21-14-16-28(4)20(18-21)8-11-23-24-12-13-26(30)29(24,5)17-15-25(23)28/h6-7,9-10,20-21,23-25H,8,11-18H2,1-5H3/t20-,21+,23+,24-,25+,28-,29-/m0/s1. The van der Waals surface area contributed by atoms with Gasteiger partial charge in [0.05, 0.1) is 11.0 Å². The number of hydrogen-bond donors (Lipinski definition) is 0. The Labute approximate surface area is 206 Å². The summed E-state index contributed by atoms with van der Waals surface area (Å²) in [5.41, 5.74) is 1.26. The van der Waals surface area contributed by atoms with E-state index in [1.54, 1.807) is 12.1 Å². The Kier molecular flexibility index (Phi) is 5.88. The van der Waals surface area contributed by atoms with Crippen molar-refractivity contribution >= 4 is 15.9 Å². The van der Waals surface area contributed by atoms with Crippen molar-refractivity contribution in [1.29, 1.82) is 0 Å². The number of rotatable bonds is 3. The fourth-order valence-electron chi connectivity index (χ4n) is 8.43. The lowest BCUT2D eigenvalue weighted by Gasteiger charge is -2.60. The smallest absolute Gasteiger partial charge is 0.297 e. The van der Waals surface area contributed by atoms with Crippen molar-refractivity contribution in [3.63, 3.8) is 0 Å². The van der Waals surface area contributed by atoms with E-state index in [1.807, 2.05) is 12.1 Å². The van der Waals surface area contributed by atoms with Crippen molar-refractivity contribution in [3.05, 3.63) is 29.8 Å². The quantitative estimate of drug-likeness (QED) is 0.448. The van der Waals surface area contributed by atoms with Crippen molar-refractivity contribution in [2.75, 3.05) is 0 Å². The molecule has 0 aliphatic heterocycles. The third-order valence-corrected chi connectivity index (χ3v) is 12.0. The van der Waals surface area contributed by atoms with Crippen LogP contribution >= 0.6 is 0 Å². The number of carbonyl (C=O) groups is 1. The van der Waals surface area contributed by atoms with Gasteiger partial charge in [0, 0.05) is 11.8 Å². The minimum Gasteiger partial charge on any atom is -0.299 e. The van der Waals surface area contributed by atoms with E-state index in [0.717, 1.165) is 56.9 Å². The van der Waals surface area contributed by atoms with Gasteiger partial charge in [-0.1, -0.05) is 46.8 Å². The molecule has 1 aromatic carbocycles. The lowest BCUT2D eigenvalue weighted by Crippen LogP contribution is -2.54. The summed E-state index contributed by atoms with van der Waals surface area (Å²) >= 11 is 0. The molecule has 0 bridgehead atoms. The Hall–Kier alpha value is -1.20. The molecule has 5 heteroatoms. The van der Waals surface area contributed by atoms with Gasteiger partial charge in [0.15, 0.2) is 0 Å². The average Bonchev–Trinajstić information content (AvgIpc) is 3.08. The van der Waals surface area contributed by atoms with Crippen LogP contribution in [0.1, 0.15) is 98.0 Å². The molecule has 0 amide bonds. The average molecular weight is 487 g/mol. The van der Waals surface area contributed by atoms with Crippen LogP contribution in [-0.2, 0) is 24.5 Å². The van der Waals surface area contributed by atoms with Crippen molar-refractivity contribution < 1.29 is 17.4 Å². The summed E-state index contributed by atoms with van der Waals surface area (Å²) in [5.74, 6) is 2.89. The van der Waals surface area contributed by atoms with E-state index < -0.39 is 10.1 Å². The molecule has 34 heavy (non-hydrogen) atoms. The Morgan fingerprint density at radius 2 is 1.62 bits per heavy atom. The first-order chi connectivity index (χ1) is 15.8. The van der Waals surface area contributed by atoms with Gasteiger partial charge in [-0.25, -0.2) is 0 Å². The fourth-order valence-corrected chi connectivity index (χ4v) is 9.55. The fraction of sp³-hybridized carbons (Fsp3) is 0.759. The van der Waals surface area contributed by atoms with Gasteiger partial charge in [0.25, 0.3) is 10.1 Å². The molecule has 4 saturated carbocycles. The van der Waals surface area contributed by atoms with Gasteiger partial charge in [0.2, 0.25) is 0 Å². The highest BCUT2D eigenvalue weighted by Crippen LogP contribution is 2.65. The summed E-state index contributed by atoms with van der Waals surface area (Å²) in [6.45, 7) is 11.1. The zero-order valence-corrected chi connectivity index (χ0v) is 22.4. The summed E-state index contributed by atoms with van der Waals surface area (Å²) in [6, 6.07) is 7.19. The van der Waals surface area contributed by atoms with E-state index >= 15 is 0 Å². The number of benzene rings is 1. The molecule has 0 spiro atoms. The third-order valence-electron chi connectivity index (χ3n) is 10.6. The minimum absolute atomic E-state index is 0.0157. The summed E-state index contributed by atoms with van der Waals surface area (Å²) in [6.07, 6.45) is 8.80. The van der Waals surface area contributed by atoms with Gasteiger partial charge in [-0.05, 0) is 104 Å². The molecular formula is C29H42O4S. The normalized spacial score (nSPS) is 40.4. The zero-order chi connectivity index (χ0) is 24.5. The summed E-state index contributed by atoms with van der Waals surface area (Å²) in [5, 5.41) is 0. The third kappa shape index (κ3) is 3.89. The van der Waals surface area contributed by atoms with Crippen LogP contribution in [0.5, 0.6) is 0 Å². The Bertz CT molecular complexity index is 1050. The van der Waals surface area contributed by atoms with E-state index in [-0.39, 0.29) is 27.2 Å². The minimum atomic E-state index is -3.77. The van der Waals surface area contributed by atoms with Crippen LogP contribution in [0.25, 0.3) is 0 Å². The largest absolute Gasteiger partial charge is 0.299 e. The van der Waals surface area contributed by atoms with Gasteiger partial charge in [0.1, 0.15) is 5.78 Å².